The minimum atomic E-state index is -0.538. The molecule has 7 heteroatoms. The summed E-state index contributed by atoms with van der Waals surface area (Å²) in [6.07, 6.45) is 3.29. The molecule has 1 N–H and O–H groups in total. The highest BCUT2D eigenvalue weighted by atomic mass is 35.5. The third kappa shape index (κ3) is 5.25. The van der Waals surface area contributed by atoms with E-state index in [0.29, 0.717) is 23.7 Å². The van der Waals surface area contributed by atoms with Crippen LogP contribution in [0.15, 0.2) is 30.7 Å². The number of rotatable bonds is 4. The van der Waals surface area contributed by atoms with E-state index in [9.17, 15) is 9.18 Å². The van der Waals surface area contributed by atoms with E-state index in [-0.39, 0.29) is 0 Å². The highest BCUT2D eigenvalue weighted by Crippen LogP contribution is 2.19. The zero-order valence-corrected chi connectivity index (χ0v) is 14.0. The standard InChI is InChI=1S/C16H19ClFN3O2/c1-16(2,3)23-15(22)20-5-4-13-9-19-10-21(13)14-7-11(17)6-12(18)8-14/h6-10H,4-5H2,1-3H3,(H,20,22). The maximum atomic E-state index is 13.5. The van der Waals surface area contributed by atoms with Gasteiger partial charge in [0, 0.05) is 29.9 Å². The van der Waals surface area contributed by atoms with Gasteiger partial charge in [-0.1, -0.05) is 11.6 Å². The number of nitrogens with one attached hydrogen (secondary N) is 1. The lowest BCUT2D eigenvalue weighted by Crippen LogP contribution is -2.33. The summed E-state index contributed by atoms with van der Waals surface area (Å²) in [5.41, 5.74) is 0.868. The number of ether oxygens (including phenoxy) is 1. The summed E-state index contributed by atoms with van der Waals surface area (Å²) < 4.78 is 20.4. The number of benzene rings is 1. The van der Waals surface area contributed by atoms with Crippen LogP contribution in [0, 0.1) is 5.82 Å². The van der Waals surface area contributed by atoms with Crippen LogP contribution in [0.1, 0.15) is 26.5 Å². The normalized spacial score (nSPS) is 11.3. The van der Waals surface area contributed by atoms with Crippen molar-refractivity contribution in [2.45, 2.75) is 32.8 Å². The van der Waals surface area contributed by atoms with E-state index < -0.39 is 17.5 Å². The molecular weight excluding hydrogens is 321 g/mol. The molecule has 0 atom stereocenters. The highest BCUT2D eigenvalue weighted by Gasteiger charge is 2.15. The van der Waals surface area contributed by atoms with E-state index in [2.05, 4.69) is 10.3 Å². The van der Waals surface area contributed by atoms with Gasteiger partial charge in [0.2, 0.25) is 0 Å². The molecule has 0 aliphatic rings. The van der Waals surface area contributed by atoms with Crippen LogP contribution in [0.5, 0.6) is 0 Å². The molecule has 0 unspecified atom stereocenters. The SMILES string of the molecule is CC(C)(C)OC(=O)NCCc1cncn1-c1cc(F)cc(Cl)c1. The second kappa shape index (κ2) is 7.00. The molecule has 5 nitrogen and oxygen atoms in total. The summed E-state index contributed by atoms with van der Waals surface area (Å²) in [7, 11) is 0. The maximum Gasteiger partial charge on any atom is 0.407 e. The smallest absolute Gasteiger partial charge is 0.407 e. The van der Waals surface area contributed by atoms with Crippen LogP contribution in [0.3, 0.4) is 0 Å². The predicted molar refractivity (Wildman–Crippen MR) is 86.5 cm³/mol. The molecule has 0 aliphatic heterocycles. The van der Waals surface area contributed by atoms with Crippen molar-refractivity contribution in [3.05, 3.63) is 47.3 Å². The Morgan fingerprint density at radius 2 is 2.13 bits per heavy atom. The van der Waals surface area contributed by atoms with Crippen molar-refractivity contribution >= 4 is 17.7 Å². The molecule has 0 radical (unpaired) electrons. The van der Waals surface area contributed by atoms with Gasteiger partial charge in [-0.15, -0.1) is 0 Å². The zero-order chi connectivity index (χ0) is 17.0. The second-order valence-corrected chi connectivity index (χ2v) is 6.50. The summed E-state index contributed by atoms with van der Waals surface area (Å²) in [5, 5.41) is 2.99. The van der Waals surface area contributed by atoms with Gasteiger partial charge in [-0.05, 0) is 39.0 Å². The highest BCUT2D eigenvalue weighted by molar-refractivity contribution is 6.30. The predicted octanol–water partition coefficient (Wildman–Crippen LogP) is 3.73. The summed E-state index contributed by atoms with van der Waals surface area (Å²) in [6, 6.07) is 4.27. The zero-order valence-electron chi connectivity index (χ0n) is 13.3. The van der Waals surface area contributed by atoms with Gasteiger partial charge in [-0.3, -0.25) is 0 Å². The Bertz CT molecular complexity index is 675. The van der Waals surface area contributed by atoms with Gasteiger partial charge in [0.05, 0.1) is 12.0 Å². The fourth-order valence-electron chi connectivity index (χ4n) is 2.03. The Morgan fingerprint density at radius 3 is 2.78 bits per heavy atom. The molecule has 2 aromatic rings. The second-order valence-electron chi connectivity index (χ2n) is 6.06. The third-order valence-corrected chi connectivity index (χ3v) is 3.11. The van der Waals surface area contributed by atoms with E-state index in [4.69, 9.17) is 16.3 Å². The quantitative estimate of drug-likeness (QED) is 0.923. The summed E-state index contributed by atoms with van der Waals surface area (Å²) in [4.78, 5) is 15.7. The lowest BCUT2D eigenvalue weighted by Gasteiger charge is -2.19. The Morgan fingerprint density at radius 1 is 1.39 bits per heavy atom. The number of carbonyl (C=O) groups is 1. The summed E-state index contributed by atoms with van der Waals surface area (Å²) in [5.74, 6) is -0.418. The largest absolute Gasteiger partial charge is 0.444 e. The Labute approximate surface area is 139 Å². The van der Waals surface area contributed by atoms with E-state index >= 15 is 0 Å². The van der Waals surface area contributed by atoms with Crippen LogP contribution in [-0.2, 0) is 11.2 Å². The minimum absolute atomic E-state index is 0.312. The molecule has 0 fully saturated rings. The van der Waals surface area contributed by atoms with Gasteiger partial charge in [0.25, 0.3) is 0 Å². The molecular formula is C16H19ClFN3O2. The molecule has 2 rings (SSSR count). The van der Waals surface area contributed by atoms with Crippen LogP contribution < -0.4 is 5.32 Å². The van der Waals surface area contributed by atoms with Crippen molar-refractivity contribution in [3.8, 4) is 5.69 Å². The van der Waals surface area contributed by atoms with Crippen LogP contribution >= 0.6 is 11.6 Å². The van der Waals surface area contributed by atoms with Crippen LogP contribution in [-0.4, -0.2) is 27.8 Å². The van der Waals surface area contributed by atoms with Gasteiger partial charge in [0.15, 0.2) is 0 Å². The van der Waals surface area contributed by atoms with Gasteiger partial charge >= 0.3 is 6.09 Å². The molecule has 1 heterocycles. The average Bonchev–Trinajstić information content (AvgIpc) is 2.83. The molecule has 23 heavy (non-hydrogen) atoms. The number of nitrogens with zero attached hydrogens (tertiary/aromatic N) is 2. The van der Waals surface area contributed by atoms with E-state index in [1.165, 1.54) is 12.1 Å². The van der Waals surface area contributed by atoms with Crippen molar-refractivity contribution < 1.29 is 13.9 Å². The van der Waals surface area contributed by atoms with Crippen molar-refractivity contribution in [2.75, 3.05) is 6.54 Å². The van der Waals surface area contributed by atoms with E-state index in [0.717, 1.165) is 5.69 Å². The monoisotopic (exact) mass is 339 g/mol. The number of imidazole rings is 1. The van der Waals surface area contributed by atoms with Crippen LogP contribution in [0.4, 0.5) is 9.18 Å². The van der Waals surface area contributed by atoms with Crippen LogP contribution in [0.2, 0.25) is 5.02 Å². The molecule has 0 spiro atoms. The molecule has 0 aliphatic carbocycles. The Hall–Kier alpha value is -2.08. The van der Waals surface area contributed by atoms with Crippen molar-refractivity contribution in [2.24, 2.45) is 0 Å². The number of halogens is 2. The van der Waals surface area contributed by atoms with E-state index in [1.807, 2.05) is 0 Å². The van der Waals surface area contributed by atoms with Gasteiger partial charge in [-0.25, -0.2) is 14.2 Å². The summed E-state index contributed by atoms with van der Waals surface area (Å²) >= 11 is 5.88. The topological polar surface area (TPSA) is 56.1 Å². The van der Waals surface area contributed by atoms with Gasteiger partial charge < -0.3 is 14.6 Å². The molecule has 0 saturated carbocycles. The lowest BCUT2D eigenvalue weighted by atomic mass is 10.2. The number of aromatic nitrogens is 2. The Balaban J connectivity index is 2.00. The number of hydrogen-bond acceptors (Lipinski definition) is 3. The number of amides is 1. The van der Waals surface area contributed by atoms with Crippen molar-refractivity contribution in [1.29, 1.82) is 0 Å². The van der Waals surface area contributed by atoms with Gasteiger partial charge in [-0.2, -0.15) is 0 Å². The molecule has 0 saturated heterocycles. The minimum Gasteiger partial charge on any atom is -0.444 e. The maximum absolute atomic E-state index is 13.5. The molecule has 1 amide bonds. The fourth-order valence-corrected chi connectivity index (χ4v) is 2.24. The molecule has 0 bridgehead atoms. The fraction of sp³-hybridized carbons (Fsp3) is 0.375. The first kappa shape index (κ1) is 17.3. The Kier molecular flexibility index (Phi) is 5.26. The number of hydrogen-bond donors (Lipinski definition) is 1. The first-order valence-electron chi connectivity index (χ1n) is 7.19. The first-order valence-corrected chi connectivity index (χ1v) is 7.57. The van der Waals surface area contributed by atoms with E-state index in [1.54, 1.807) is 43.9 Å². The molecule has 124 valence electrons. The van der Waals surface area contributed by atoms with Crippen molar-refractivity contribution in [1.82, 2.24) is 14.9 Å². The number of carbonyl (C=O) groups excluding carboxylic acids is 1. The molecule has 1 aromatic heterocycles. The first-order chi connectivity index (χ1) is 10.7. The lowest BCUT2D eigenvalue weighted by molar-refractivity contribution is 0.0528. The average molecular weight is 340 g/mol. The van der Waals surface area contributed by atoms with Crippen LogP contribution in [0.25, 0.3) is 5.69 Å². The summed E-state index contributed by atoms with van der Waals surface area (Å²) in [6.45, 7) is 5.78. The molecule has 1 aromatic carbocycles. The van der Waals surface area contributed by atoms with Crippen molar-refractivity contribution in [3.63, 3.8) is 0 Å². The van der Waals surface area contributed by atoms with Gasteiger partial charge in [0.1, 0.15) is 11.4 Å². The number of alkyl carbamates (subject to hydrolysis) is 1. The third-order valence-electron chi connectivity index (χ3n) is 2.89.